The number of carboxylic acids is 1. The summed E-state index contributed by atoms with van der Waals surface area (Å²) in [6.45, 7) is 3.23. The van der Waals surface area contributed by atoms with Crippen molar-refractivity contribution in [3.63, 3.8) is 0 Å². The first-order valence-electron chi connectivity index (χ1n) is 8.88. The van der Waals surface area contributed by atoms with Crippen molar-refractivity contribution in [3.05, 3.63) is 57.1 Å². The molecule has 0 spiro atoms. The van der Waals surface area contributed by atoms with Crippen LogP contribution in [0.15, 0.2) is 40.7 Å². The van der Waals surface area contributed by atoms with Crippen LogP contribution < -0.4 is 5.32 Å². The van der Waals surface area contributed by atoms with Crippen LogP contribution in [-0.4, -0.2) is 23.1 Å². The van der Waals surface area contributed by atoms with Gasteiger partial charge in [0.05, 0.1) is 17.1 Å². The Labute approximate surface area is 161 Å². The van der Waals surface area contributed by atoms with Gasteiger partial charge in [-0.15, -0.1) is 0 Å². The molecular weight excluding hydrogens is 373 g/mol. The first-order chi connectivity index (χ1) is 12.8. The van der Waals surface area contributed by atoms with Crippen molar-refractivity contribution in [1.29, 1.82) is 0 Å². The highest BCUT2D eigenvalue weighted by Gasteiger charge is 2.40. The van der Waals surface area contributed by atoms with E-state index in [2.05, 4.69) is 5.32 Å². The molecule has 2 N–H and O–H groups in total. The SMILES string of the molecule is CC1=C(C(=O)O)C(c2c(F)cccc2Cl)C(C(=O)OC2CCCC2)=C(C)N1. The second kappa shape index (κ2) is 7.72. The second-order valence-electron chi connectivity index (χ2n) is 6.89. The molecular formula is C20H21ClFNO4. The van der Waals surface area contributed by atoms with E-state index in [1.807, 2.05) is 0 Å². The third kappa shape index (κ3) is 3.72. The molecule has 1 saturated carbocycles. The maximum absolute atomic E-state index is 14.7. The number of allylic oxidation sites excluding steroid dienone is 2. The summed E-state index contributed by atoms with van der Waals surface area (Å²) < 4.78 is 20.3. The highest BCUT2D eigenvalue weighted by atomic mass is 35.5. The van der Waals surface area contributed by atoms with Crippen LogP contribution in [0.5, 0.6) is 0 Å². The topological polar surface area (TPSA) is 75.6 Å². The molecule has 0 bridgehead atoms. The lowest BCUT2D eigenvalue weighted by atomic mass is 9.80. The van der Waals surface area contributed by atoms with Crippen LogP contribution in [0.2, 0.25) is 5.02 Å². The molecule has 0 aromatic heterocycles. The van der Waals surface area contributed by atoms with Crippen LogP contribution >= 0.6 is 11.6 Å². The standard InChI is InChI=1S/C20H21ClFNO4/c1-10-15(19(24)25)18(17-13(21)8-5-9-14(17)22)16(11(2)23-10)20(26)27-12-6-3-4-7-12/h5,8-9,12,18,23H,3-4,6-7H2,1-2H3,(H,24,25). The van der Waals surface area contributed by atoms with Crippen LogP contribution in [0.1, 0.15) is 51.0 Å². The molecule has 2 aliphatic rings. The molecule has 144 valence electrons. The third-order valence-electron chi connectivity index (χ3n) is 5.07. The van der Waals surface area contributed by atoms with E-state index in [1.54, 1.807) is 13.8 Å². The molecule has 0 radical (unpaired) electrons. The number of dihydropyridines is 1. The Morgan fingerprint density at radius 3 is 2.41 bits per heavy atom. The number of rotatable bonds is 4. The molecule has 1 heterocycles. The van der Waals surface area contributed by atoms with E-state index in [0.717, 1.165) is 25.7 Å². The van der Waals surface area contributed by atoms with Gasteiger partial charge >= 0.3 is 11.9 Å². The van der Waals surface area contributed by atoms with Crippen molar-refractivity contribution in [2.24, 2.45) is 0 Å². The van der Waals surface area contributed by atoms with Gasteiger partial charge in [-0.3, -0.25) is 0 Å². The first-order valence-corrected chi connectivity index (χ1v) is 9.25. The lowest BCUT2D eigenvalue weighted by molar-refractivity contribution is -0.144. The minimum Gasteiger partial charge on any atom is -0.478 e. The van der Waals surface area contributed by atoms with Gasteiger partial charge in [-0.2, -0.15) is 0 Å². The van der Waals surface area contributed by atoms with Crippen molar-refractivity contribution in [2.75, 3.05) is 0 Å². The van der Waals surface area contributed by atoms with Gasteiger partial charge < -0.3 is 15.2 Å². The lowest BCUT2D eigenvalue weighted by Crippen LogP contribution is -2.33. The number of hydrogen-bond acceptors (Lipinski definition) is 4. The van der Waals surface area contributed by atoms with E-state index in [-0.39, 0.29) is 27.8 Å². The van der Waals surface area contributed by atoms with Crippen molar-refractivity contribution in [2.45, 2.75) is 51.6 Å². The van der Waals surface area contributed by atoms with Gasteiger partial charge in [0, 0.05) is 22.0 Å². The fraction of sp³-hybridized carbons (Fsp3) is 0.400. The predicted molar refractivity (Wildman–Crippen MR) is 98.7 cm³/mol. The molecule has 1 aliphatic carbocycles. The van der Waals surface area contributed by atoms with Crippen molar-refractivity contribution < 1.29 is 23.8 Å². The fourth-order valence-electron chi connectivity index (χ4n) is 3.84. The Hall–Kier alpha value is -2.34. The van der Waals surface area contributed by atoms with E-state index in [0.29, 0.717) is 11.4 Å². The van der Waals surface area contributed by atoms with Crippen LogP contribution in [-0.2, 0) is 14.3 Å². The molecule has 1 aromatic carbocycles. The van der Waals surface area contributed by atoms with Crippen LogP contribution in [0.4, 0.5) is 4.39 Å². The summed E-state index contributed by atoms with van der Waals surface area (Å²) in [5.41, 5.74) is 0.699. The average molecular weight is 394 g/mol. The number of carbonyl (C=O) groups excluding carboxylic acids is 1. The zero-order valence-corrected chi connectivity index (χ0v) is 15.9. The molecule has 3 rings (SSSR count). The quantitative estimate of drug-likeness (QED) is 0.746. The van der Waals surface area contributed by atoms with Crippen molar-refractivity contribution in [1.82, 2.24) is 5.32 Å². The molecule has 1 atom stereocenters. The Morgan fingerprint density at radius 1 is 1.19 bits per heavy atom. The van der Waals surface area contributed by atoms with Gasteiger partial charge in [0.15, 0.2) is 0 Å². The van der Waals surface area contributed by atoms with E-state index in [9.17, 15) is 19.1 Å². The maximum Gasteiger partial charge on any atom is 0.337 e. The number of nitrogens with one attached hydrogen (secondary N) is 1. The summed E-state index contributed by atoms with van der Waals surface area (Å²) in [6.07, 6.45) is 3.32. The number of halogens is 2. The van der Waals surface area contributed by atoms with Gasteiger partial charge in [-0.1, -0.05) is 17.7 Å². The average Bonchev–Trinajstić information content (AvgIpc) is 3.06. The van der Waals surface area contributed by atoms with E-state index in [1.165, 1.54) is 18.2 Å². The number of hydrogen-bond donors (Lipinski definition) is 2. The summed E-state index contributed by atoms with van der Waals surface area (Å²) in [6, 6.07) is 4.12. The van der Waals surface area contributed by atoms with Gasteiger partial charge in [0.2, 0.25) is 0 Å². The largest absolute Gasteiger partial charge is 0.478 e. The van der Waals surface area contributed by atoms with Crippen LogP contribution in [0.3, 0.4) is 0 Å². The number of benzene rings is 1. The van der Waals surface area contributed by atoms with Crippen LogP contribution in [0, 0.1) is 5.82 Å². The molecule has 7 heteroatoms. The number of carboxylic acid groups (broad SMARTS) is 1. The third-order valence-corrected chi connectivity index (χ3v) is 5.40. The highest BCUT2D eigenvalue weighted by molar-refractivity contribution is 6.31. The summed E-state index contributed by atoms with van der Waals surface area (Å²) >= 11 is 6.22. The Morgan fingerprint density at radius 2 is 1.81 bits per heavy atom. The minimum absolute atomic E-state index is 0.0323. The second-order valence-corrected chi connectivity index (χ2v) is 7.29. The van der Waals surface area contributed by atoms with Crippen LogP contribution in [0.25, 0.3) is 0 Å². The number of carbonyl (C=O) groups is 2. The van der Waals surface area contributed by atoms with Crippen molar-refractivity contribution in [3.8, 4) is 0 Å². The molecule has 1 unspecified atom stereocenters. The minimum atomic E-state index is -1.25. The highest BCUT2D eigenvalue weighted by Crippen LogP contribution is 2.43. The molecule has 1 fully saturated rings. The zero-order chi connectivity index (χ0) is 19.7. The number of aliphatic carboxylic acids is 1. The number of ether oxygens (including phenoxy) is 1. The molecule has 0 amide bonds. The van der Waals surface area contributed by atoms with E-state index >= 15 is 0 Å². The summed E-state index contributed by atoms with van der Waals surface area (Å²) in [7, 11) is 0. The summed E-state index contributed by atoms with van der Waals surface area (Å²) in [4.78, 5) is 24.9. The first kappa shape index (κ1) is 19.4. The molecule has 1 aromatic rings. The van der Waals surface area contributed by atoms with Crippen molar-refractivity contribution >= 4 is 23.5 Å². The Kier molecular flexibility index (Phi) is 5.56. The maximum atomic E-state index is 14.7. The Bertz CT molecular complexity index is 835. The number of esters is 1. The molecule has 1 aliphatic heterocycles. The van der Waals surface area contributed by atoms with E-state index in [4.69, 9.17) is 16.3 Å². The normalized spacial score (nSPS) is 20.7. The fourth-order valence-corrected chi connectivity index (χ4v) is 4.12. The predicted octanol–water partition coefficient (Wildman–Crippen LogP) is 4.28. The van der Waals surface area contributed by atoms with Gasteiger partial charge in [0.1, 0.15) is 11.9 Å². The Balaban J connectivity index is 2.12. The van der Waals surface area contributed by atoms with E-state index < -0.39 is 23.7 Å². The summed E-state index contributed by atoms with van der Waals surface area (Å²) in [5, 5.41) is 12.7. The zero-order valence-electron chi connectivity index (χ0n) is 15.1. The smallest absolute Gasteiger partial charge is 0.337 e. The summed E-state index contributed by atoms with van der Waals surface area (Å²) in [5.74, 6) is -3.70. The van der Waals surface area contributed by atoms with Gasteiger partial charge in [-0.05, 0) is 51.7 Å². The van der Waals surface area contributed by atoms with Gasteiger partial charge in [0.25, 0.3) is 0 Å². The lowest BCUT2D eigenvalue weighted by Gasteiger charge is -2.30. The molecule has 5 nitrogen and oxygen atoms in total. The monoisotopic (exact) mass is 393 g/mol. The van der Waals surface area contributed by atoms with Gasteiger partial charge in [-0.25, -0.2) is 14.0 Å². The molecule has 27 heavy (non-hydrogen) atoms. The molecule has 0 saturated heterocycles.